The Morgan fingerprint density at radius 3 is 2.73 bits per heavy atom. The first-order chi connectivity index (χ1) is 7.26. The summed E-state index contributed by atoms with van der Waals surface area (Å²) in [7, 11) is 3.04. The minimum atomic E-state index is -0.450. The second-order valence-electron chi connectivity index (χ2n) is 3.18. The second-order valence-corrected chi connectivity index (χ2v) is 3.18. The molecule has 0 atom stereocenters. The van der Waals surface area contributed by atoms with E-state index in [1.807, 2.05) is 12.1 Å². The number of Topliss-reactive ketones (excluding diaryl/α,β-unsaturated/α-hetero) is 1. The number of rotatable bonds is 6. The van der Waals surface area contributed by atoms with Crippen molar-refractivity contribution in [1.82, 2.24) is 4.98 Å². The molecule has 15 heavy (non-hydrogen) atoms. The molecule has 1 rings (SSSR count). The van der Waals surface area contributed by atoms with E-state index in [4.69, 9.17) is 9.47 Å². The minimum absolute atomic E-state index is 0.0803. The molecular formula is C11H15NO3. The normalized spacial score (nSPS) is 10.6. The molecule has 4 nitrogen and oxygen atoms in total. The van der Waals surface area contributed by atoms with Gasteiger partial charge in [-0.1, -0.05) is 6.07 Å². The smallest absolute Gasteiger partial charge is 0.163 e. The van der Waals surface area contributed by atoms with Crippen molar-refractivity contribution in [2.45, 2.75) is 19.1 Å². The molecule has 0 fully saturated rings. The molecule has 0 saturated carbocycles. The van der Waals surface area contributed by atoms with Gasteiger partial charge in [0.05, 0.1) is 6.42 Å². The van der Waals surface area contributed by atoms with Gasteiger partial charge in [0.25, 0.3) is 0 Å². The molecule has 0 aliphatic rings. The predicted octanol–water partition coefficient (Wildman–Crippen LogP) is 1.20. The van der Waals surface area contributed by atoms with Crippen LogP contribution in [0.25, 0.3) is 0 Å². The number of methoxy groups -OCH3 is 2. The summed E-state index contributed by atoms with van der Waals surface area (Å²) in [5, 5.41) is 0. The van der Waals surface area contributed by atoms with Crippen LogP contribution in [0.2, 0.25) is 0 Å². The molecule has 0 aliphatic heterocycles. The van der Waals surface area contributed by atoms with Crippen molar-refractivity contribution in [3.8, 4) is 0 Å². The van der Waals surface area contributed by atoms with Crippen LogP contribution in [0.5, 0.6) is 0 Å². The SMILES string of the molecule is COC(CC(=O)Cc1cccnc1)OC. The number of carbonyl (C=O) groups excluding carboxylic acids is 1. The average Bonchev–Trinajstić information content (AvgIpc) is 2.27. The summed E-state index contributed by atoms with van der Waals surface area (Å²) in [5.41, 5.74) is 0.911. The van der Waals surface area contributed by atoms with Gasteiger partial charge in [0.1, 0.15) is 5.78 Å². The molecule has 0 aromatic carbocycles. The van der Waals surface area contributed by atoms with Crippen LogP contribution in [-0.2, 0) is 20.7 Å². The maximum atomic E-state index is 11.6. The highest BCUT2D eigenvalue weighted by atomic mass is 16.7. The molecule has 0 radical (unpaired) electrons. The molecule has 1 aromatic rings. The van der Waals surface area contributed by atoms with Gasteiger partial charge in [0, 0.05) is 33.0 Å². The van der Waals surface area contributed by atoms with Crippen molar-refractivity contribution in [1.29, 1.82) is 0 Å². The standard InChI is InChI=1S/C11H15NO3/c1-14-11(15-2)7-10(13)6-9-4-3-5-12-8-9/h3-5,8,11H,6-7H2,1-2H3. The Labute approximate surface area is 89.2 Å². The third kappa shape index (κ3) is 4.18. The zero-order chi connectivity index (χ0) is 11.1. The molecule has 82 valence electrons. The third-order valence-corrected chi connectivity index (χ3v) is 2.04. The van der Waals surface area contributed by atoms with E-state index >= 15 is 0 Å². The van der Waals surface area contributed by atoms with Crippen molar-refractivity contribution in [3.63, 3.8) is 0 Å². The van der Waals surface area contributed by atoms with E-state index in [1.54, 1.807) is 12.4 Å². The van der Waals surface area contributed by atoms with E-state index in [-0.39, 0.29) is 12.2 Å². The molecule has 0 unspecified atom stereocenters. The van der Waals surface area contributed by atoms with Crippen LogP contribution in [0.15, 0.2) is 24.5 Å². The minimum Gasteiger partial charge on any atom is -0.355 e. The fraction of sp³-hybridized carbons (Fsp3) is 0.455. The number of ketones is 1. The van der Waals surface area contributed by atoms with Crippen molar-refractivity contribution in [2.75, 3.05) is 14.2 Å². The van der Waals surface area contributed by atoms with E-state index in [0.29, 0.717) is 6.42 Å². The fourth-order valence-corrected chi connectivity index (χ4v) is 1.25. The van der Waals surface area contributed by atoms with Gasteiger partial charge in [0.15, 0.2) is 6.29 Å². The number of carbonyl (C=O) groups is 1. The highest BCUT2D eigenvalue weighted by molar-refractivity contribution is 5.81. The molecule has 0 N–H and O–H groups in total. The van der Waals surface area contributed by atoms with Crippen LogP contribution in [0.1, 0.15) is 12.0 Å². The third-order valence-electron chi connectivity index (χ3n) is 2.04. The maximum absolute atomic E-state index is 11.6. The highest BCUT2D eigenvalue weighted by Crippen LogP contribution is 2.04. The Morgan fingerprint density at radius 1 is 1.47 bits per heavy atom. The molecule has 1 heterocycles. The first kappa shape index (κ1) is 11.8. The van der Waals surface area contributed by atoms with Gasteiger partial charge in [-0.2, -0.15) is 0 Å². The van der Waals surface area contributed by atoms with Gasteiger partial charge in [-0.15, -0.1) is 0 Å². The first-order valence-corrected chi connectivity index (χ1v) is 4.72. The lowest BCUT2D eigenvalue weighted by Gasteiger charge is -2.11. The molecular weight excluding hydrogens is 194 g/mol. The molecule has 0 saturated heterocycles. The van der Waals surface area contributed by atoms with E-state index in [2.05, 4.69) is 4.98 Å². The summed E-state index contributed by atoms with van der Waals surface area (Å²) in [6.07, 6.45) is 3.56. The van der Waals surface area contributed by atoms with Crippen molar-refractivity contribution >= 4 is 5.78 Å². The van der Waals surface area contributed by atoms with Gasteiger partial charge in [-0.05, 0) is 11.6 Å². The zero-order valence-corrected chi connectivity index (χ0v) is 8.97. The molecule has 4 heteroatoms. The van der Waals surface area contributed by atoms with Gasteiger partial charge in [-0.25, -0.2) is 0 Å². The Hall–Kier alpha value is -1.26. The largest absolute Gasteiger partial charge is 0.355 e. The lowest BCUT2D eigenvalue weighted by atomic mass is 10.1. The number of hydrogen-bond acceptors (Lipinski definition) is 4. The van der Waals surface area contributed by atoms with Crippen LogP contribution >= 0.6 is 0 Å². The number of aromatic nitrogens is 1. The van der Waals surface area contributed by atoms with Crippen molar-refractivity contribution < 1.29 is 14.3 Å². The van der Waals surface area contributed by atoms with Gasteiger partial charge < -0.3 is 9.47 Å². The maximum Gasteiger partial charge on any atom is 0.163 e. The molecule has 0 bridgehead atoms. The Balaban J connectivity index is 2.43. The summed E-state index contributed by atoms with van der Waals surface area (Å²) in [6.45, 7) is 0. The summed E-state index contributed by atoms with van der Waals surface area (Å²) >= 11 is 0. The van der Waals surface area contributed by atoms with Crippen LogP contribution in [0.3, 0.4) is 0 Å². The summed E-state index contributed by atoms with van der Waals surface area (Å²) < 4.78 is 9.90. The quantitative estimate of drug-likeness (QED) is 0.660. The molecule has 0 amide bonds. The Bertz CT molecular complexity index is 296. The fourth-order valence-electron chi connectivity index (χ4n) is 1.25. The van der Waals surface area contributed by atoms with E-state index in [1.165, 1.54) is 14.2 Å². The van der Waals surface area contributed by atoms with Crippen LogP contribution in [-0.4, -0.2) is 31.3 Å². The van der Waals surface area contributed by atoms with Crippen LogP contribution in [0, 0.1) is 0 Å². The number of hydrogen-bond donors (Lipinski definition) is 0. The van der Waals surface area contributed by atoms with Crippen molar-refractivity contribution in [3.05, 3.63) is 30.1 Å². The topological polar surface area (TPSA) is 48.4 Å². The molecule has 0 spiro atoms. The zero-order valence-electron chi connectivity index (χ0n) is 8.97. The monoisotopic (exact) mass is 209 g/mol. The lowest BCUT2D eigenvalue weighted by molar-refractivity contribution is -0.136. The molecule has 0 aliphatic carbocycles. The number of ether oxygens (including phenoxy) is 2. The second kappa shape index (κ2) is 6.27. The number of nitrogens with zero attached hydrogens (tertiary/aromatic N) is 1. The van der Waals surface area contributed by atoms with Crippen LogP contribution in [0.4, 0.5) is 0 Å². The lowest BCUT2D eigenvalue weighted by Crippen LogP contribution is -2.19. The number of pyridine rings is 1. The van der Waals surface area contributed by atoms with Crippen LogP contribution < -0.4 is 0 Å². The van der Waals surface area contributed by atoms with E-state index in [0.717, 1.165) is 5.56 Å². The highest BCUT2D eigenvalue weighted by Gasteiger charge is 2.12. The van der Waals surface area contributed by atoms with Crippen molar-refractivity contribution in [2.24, 2.45) is 0 Å². The summed E-state index contributed by atoms with van der Waals surface area (Å²) in [5.74, 6) is 0.0803. The predicted molar refractivity (Wildman–Crippen MR) is 55.4 cm³/mol. The van der Waals surface area contributed by atoms with Gasteiger partial charge >= 0.3 is 0 Å². The Kier molecular flexibility index (Phi) is 4.93. The first-order valence-electron chi connectivity index (χ1n) is 4.72. The van der Waals surface area contributed by atoms with Gasteiger partial charge in [0.2, 0.25) is 0 Å². The van der Waals surface area contributed by atoms with Gasteiger partial charge in [-0.3, -0.25) is 9.78 Å². The van der Waals surface area contributed by atoms with E-state index in [9.17, 15) is 4.79 Å². The summed E-state index contributed by atoms with van der Waals surface area (Å²) in [6, 6.07) is 3.69. The molecule has 1 aromatic heterocycles. The average molecular weight is 209 g/mol. The van der Waals surface area contributed by atoms with E-state index < -0.39 is 6.29 Å². The summed E-state index contributed by atoms with van der Waals surface area (Å²) in [4.78, 5) is 15.5. The Morgan fingerprint density at radius 2 is 2.20 bits per heavy atom.